The van der Waals surface area contributed by atoms with Crippen LogP contribution in [0.2, 0.25) is 0 Å². The number of allylic oxidation sites excluding steroid dienone is 1. The largest absolute Gasteiger partial charge is 0.361 e. The van der Waals surface area contributed by atoms with E-state index in [0.29, 0.717) is 6.04 Å². The van der Waals surface area contributed by atoms with Gasteiger partial charge in [-0.3, -0.25) is 10.3 Å². The Bertz CT molecular complexity index is 838. The molecule has 0 radical (unpaired) electrons. The van der Waals surface area contributed by atoms with E-state index in [0.717, 1.165) is 42.5 Å². The Balaban J connectivity index is 1.71. The van der Waals surface area contributed by atoms with Gasteiger partial charge in [0, 0.05) is 17.8 Å². The summed E-state index contributed by atoms with van der Waals surface area (Å²) in [5, 5.41) is 3.68. The Morgan fingerprint density at radius 2 is 1.63 bits per heavy atom. The highest BCUT2D eigenvalue weighted by molar-refractivity contribution is 5.33. The second kappa shape index (κ2) is 9.25. The molecule has 2 bridgehead atoms. The molecule has 160 valence electrons. The average molecular weight is 414 g/mol. The summed E-state index contributed by atoms with van der Waals surface area (Å²) in [6.07, 6.45) is 3.26. The first-order valence-corrected chi connectivity index (χ1v) is 10.5. The van der Waals surface area contributed by atoms with E-state index in [-0.39, 0.29) is 23.8 Å². The van der Waals surface area contributed by atoms with Crippen LogP contribution in [0, 0.1) is 11.6 Å². The molecule has 2 aliphatic heterocycles. The van der Waals surface area contributed by atoms with E-state index in [9.17, 15) is 8.78 Å². The highest BCUT2D eigenvalue weighted by Gasteiger charge is 2.41. The maximum Gasteiger partial charge on any atom is 0.123 e. The molecule has 2 aromatic rings. The molecule has 0 amide bonds. The van der Waals surface area contributed by atoms with Crippen molar-refractivity contribution in [2.24, 2.45) is 0 Å². The minimum Gasteiger partial charge on any atom is -0.361 e. The lowest BCUT2D eigenvalue weighted by Gasteiger charge is -2.36. The molecule has 2 aliphatic rings. The van der Waals surface area contributed by atoms with Gasteiger partial charge in [0.1, 0.15) is 17.7 Å². The Morgan fingerprint density at radius 1 is 1.03 bits per heavy atom. The maximum absolute atomic E-state index is 13.5. The summed E-state index contributed by atoms with van der Waals surface area (Å²) in [6, 6.07) is 13.3. The summed E-state index contributed by atoms with van der Waals surface area (Å²) in [5.74, 6) is -0.593. The second-order valence-corrected chi connectivity index (χ2v) is 7.93. The topological polar surface area (TPSA) is 42.5 Å². The third-order valence-electron chi connectivity index (χ3n) is 6.03. The van der Waals surface area contributed by atoms with E-state index in [1.807, 2.05) is 0 Å². The van der Waals surface area contributed by atoms with E-state index < -0.39 is 6.10 Å². The van der Waals surface area contributed by atoms with Crippen LogP contribution in [0.5, 0.6) is 0 Å². The standard InChI is InChI=1S/C24H28F2N2O2/c1-3-20(28-29-2)23-21-13-12-19(27-21)14-22(23)30-24(15-4-8-17(25)9-5-15)16-6-10-18(26)11-7-16/h4-11,19,21-22,24,27-28H,3,12-14H2,1-2H3/t19?,21-,22+/m0/s1. The fraction of sp³-hybridized carbons (Fsp3) is 0.417. The molecule has 0 spiro atoms. The zero-order valence-electron chi connectivity index (χ0n) is 17.3. The molecule has 6 heteroatoms. The van der Waals surface area contributed by atoms with Gasteiger partial charge in [-0.25, -0.2) is 8.78 Å². The van der Waals surface area contributed by atoms with Gasteiger partial charge in [-0.05, 0) is 66.6 Å². The highest BCUT2D eigenvalue weighted by Crippen LogP contribution is 2.39. The molecule has 2 fully saturated rings. The number of fused-ring (bicyclic) bond motifs is 2. The van der Waals surface area contributed by atoms with Crippen LogP contribution in [0.15, 0.2) is 59.8 Å². The fourth-order valence-corrected chi connectivity index (χ4v) is 4.64. The highest BCUT2D eigenvalue weighted by atomic mass is 19.1. The van der Waals surface area contributed by atoms with Crippen LogP contribution in [-0.4, -0.2) is 25.3 Å². The van der Waals surface area contributed by atoms with Crippen molar-refractivity contribution in [2.75, 3.05) is 7.11 Å². The number of piperidine rings is 1. The predicted molar refractivity (Wildman–Crippen MR) is 112 cm³/mol. The molecule has 4 rings (SSSR count). The lowest BCUT2D eigenvalue weighted by molar-refractivity contribution is 0.00776. The number of hydroxylamine groups is 1. The summed E-state index contributed by atoms with van der Waals surface area (Å²) in [4.78, 5) is 5.23. The van der Waals surface area contributed by atoms with Gasteiger partial charge in [0.15, 0.2) is 0 Å². The van der Waals surface area contributed by atoms with E-state index in [1.54, 1.807) is 31.4 Å². The number of hydrogen-bond donors (Lipinski definition) is 2. The van der Waals surface area contributed by atoms with E-state index in [2.05, 4.69) is 17.7 Å². The zero-order valence-corrected chi connectivity index (χ0v) is 17.3. The van der Waals surface area contributed by atoms with Crippen LogP contribution in [0.25, 0.3) is 0 Å². The van der Waals surface area contributed by atoms with Crippen molar-refractivity contribution in [2.45, 2.75) is 56.9 Å². The minimum absolute atomic E-state index is 0.124. The smallest absolute Gasteiger partial charge is 0.123 e. The summed E-state index contributed by atoms with van der Waals surface area (Å²) in [5.41, 5.74) is 6.93. The number of hydrogen-bond acceptors (Lipinski definition) is 4. The number of nitrogens with one attached hydrogen (secondary N) is 2. The predicted octanol–water partition coefficient (Wildman–Crippen LogP) is 4.78. The molecular weight excluding hydrogens is 386 g/mol. The maximum atomic E-state index is 13.5. The van der Waals surface area contributed by atoms with E-state index in [4.69, 9.17) is 9.57 Å². The zero-order chi connectivity index (χ0) is 21.1. The molecular formula is C24H28F2N2O2. The summed E-state index contributed by atoms with van der Waals surface area (Å²) in [6.45, 7) is 2.09. The van der Waals surface area contributed by atoms with Gasteiger partial charge in [-0.2, -0.15) is 0 Å². The lowest BCUT2D eigenvalue weighted by atomic mass is 9.92. The van der Waals surface area contributed by atoms with Crippen molar-refractivity contribution in [3.05, 3.63) is 82.6 Å². The summed E-state index contributed by atoms with van der Waals surface area (Å²) >= 11 is 0. The van der Waals surface area contributed by atoms with E-state index in [1.165, 1.54) is 29.8 Å². The monoisotopic (exact) mass is 414 g/mol. The molecule has 1 unspecified atom stereocenters. The first-order chi connectivity index (χ1) is 14.6. The van der Waals surface area contributed by atoms with Crippen LogP contribution >= 0.6 is 0 Å². The normalized spacial score (nSPS) is 24.9. The first kappa shape index (κ1) is 21.0. The van der Waals surface area contributed by atoms with Crippen molar-refractivity contribution >= 4 is 0 Å². The van der Waals surface area contributed by atoms with Gasteiger partial charge in [0.25, 0.3) is 0 Å². The van der Waals surface area contributed by atoms with Crippen LogP contribution in [-0.2, 0) is 9.57 Å². The summed E-state index contributed by atoms with van der Waals surface area (Å²) in [7, 11) is 1.61. The molecule has 2 saturated heterocycles. The van der Waals surface area contributed by atoms with Crippen LogP contribution in [0.3, 0.4) is 0 Å². The van der Waals surface area contributed by atoms with Crippen molar-refractivity contribution in [1.82, 2.24) is 10.8 Å². The number of ether oxygens (including phenoxy) is 1. The molecule has 30 heavy (non-hydrogen) atoms. The molecule has 0 saturated carbocycles. The molecule has 0 aliphatic carbocycles. The molecule has 2 heterocycles. The molecule has 3 atom stereocenters. The number of rotatable bonds is 7. The summed E-state index contributed by atoms with van der Waals surface area (Å²) < 4.78 is 33.8. The Hall–Kier alpha value is -2.28. The molecule has 0 aromatic heterocycles. The van der Waals surface area contributed by atoms with Crippen molar-refractivity contribution < 1.29 is 18.4 Å². The van der Waals surface area contributed by atoms with Crippen molar-refractivity contribution in [1.29, 1.82) is 0 Å². The van der Waals surface area contributed by atoms with E-state index >= 15 is 0 Å². The lowest BCUT2D eigenvalue weighted by Crippen LogP contribution is -2.45. The molecule has 2 aromatic carbocycles. The van der Waals surface area contributed by atoms with Crippen LogP contribution < -0.4 is 10.8 Å². The molecule has 2 N–H and O–H groups in total. The first-order valence-electron chi connectivity index (χ1n) is 10.5. The minimum atomic E-state index is -0.427. The Morgan fingerprint density at radius 3 is 2.17 bits per heavy atom. The van der Waals surface area contributed by atoms with Gasteiger partial charge in [-0.1, -0.05) is 31.2 Å². The quantitative estimate of drug-likeness (QED) is 0.640. The van der Waals surface area contributed by atoms with Crippen molar-refractivity contribution in [3.8, 4) is 0 Å². The Kier molecular flexibility index (Phi) is 6.46. The second-order valence-electron chi connectivity index (χ2n) is 7.93. The molecule has 4 nitrogen and oxygen atoms in total. The fourth-order valence-electron chi connectivity index (χ4n) is 4.64. The average Bonchev–Trinajstić information content (AvgIpc) is 3.14. The van der Waals surface area contributed by atoms with Gasteiger partial charge >= 0.3 is 0 Å². The SMILES string of the molecule is CCC(NOC)=C1[C@@H]2CCC(C[C@H]1OC(c1ccc(F)cc1)c1ccc(F)cc1)N2. The van der Waals surface area contributed by atoms with Gasteiger partial charge < -0.3 is 10.1 Å². The Labute approximate surface area is 176 Å². The van der Waals surface area contributed by atoms with Crippen LogP contribution in [0.4, 0.5) is 8.78 Å². The van der Waals surface area contributed by atoms with Crippen molar-refractivity contribution in [3.63, 3.8) is 0 Å². The third-order valence-corrected chi connectivity index (χ3v) is 6.03. The van der Waals surface area contributed by atoms with Gasteiger partial charge in [-0.15, -0.1) is 0 Å². The number of benzene rings is 2. The number of halogens is 2. The van der Waals surface area contributed by atoms with Crippen LogP contribution in [0.1, 0.15) is 49.8 Å². The third kappa shape index (κ3) is 4.41. The van der Waals surface area contributed by atoms with Gasteiger partial charge in [0.2, 0.25) is 0 Å². The van der Waals surface area contributed by atoms with Gasteiger partial charge in [0.05, 0.1) is 13.2 Å².